The molecule has 0 radical (unpaired) electrons. The van der Waals surface area contributed by atoms with Crippen molar-refractivity contribution in [2.24, 2.45) is 0 Å². The summed E-state index contributed by atoms with van der Waals surface area (Å²) in [5.41, 5.74) is 2.38. The second kappa shape index (κ2) is 8.96. The Morgan fingerprint density at radius 2 is 1.84 bits per heavy atom. The zero-order valence-corrected chi connectivity index (χ0v) is 18.5. The van der Waals surface area contributed by atoms with Crippen molar-refractivity contribution in [3.8, 4) is 0 Å². The summed E-state index contributed by atoms with van der Waals surface area (Å²) in [6.45, 7) is 0. The van der Waals surface area contributed by atoms with Crippen molar-refractivity contribution in [2.45, 2.75) is 16.0 Å². The first-order valence-electron chi connectivity index (χ1n) is 7.47. The van der Waals surface area contributed by atoms with Gasteiger partial charge in [-0.15, -0.1) is 11.8 Å². The lowest BCUT2D eigenvalue weighted by atomic mass is 10.1. The summed E-state index contributed by atoms with van der Waals surface area (Å²) < 4.78 is 3.13. The van der Waals surface area contributed by atoms with Crippen LogP contribution < -0.4 is 0 Å². The summed E-state index contributed by atoms with van der Waals surface area (Å²) in [6.07, 6.45) is 5.58. The van der Waals surface area contributed by atoms with Crippen LogP contribution in [0.2, 0.25) is 10.0 Å². The van der Waals surface area contributed by atoms with Crippen LogP contribution in [0.3, 0.4) is 0 Å². The molecular formula is C18H14Br2Cl2N2S. The number of nitrogens with zero attached hydrogens (tertiary/aromatic N) is 2. The van der Waals surface area contributed by atoms with Crippen molar-refractivity contribution >= 4 is 66.8 Å². The van der Waals surface area contributed by atoms with Gasteiger partial charge in [0.25, 0.3) is 0 Å². The second-order valence-corrected chi connectivity index (χ2v) is 9.21. The summed E-state index contributed by atoms with van der Waals surface area (Å²) >= 11 is 21.3. The third-order valence-electron chi connectivity index (χ3n) is 3.67. The molecule has 0 aliphatic rings. The van der Waals surface area contributed by atoms with E-state index in [1.165, 1.54) is 5.56 Å². The van der Waals surface area contributed by atoms with Crippen LogP contribution in [0.1, 0.15) is 21.3 Å². The van der Waals surface area contributed by atoms with E-state index in [0.29, 0.717) is 10.0 Å². The van der Waals surface area contributed by atoms with Gasteiger partial charge in [-0.25, -0.2) is 4.98 Å². The summed E-state index contributed by atoms with van der Waals surface area (Å²) in [4.78, 5) is 4.24. The highest BCUT2D eigenvalue weighted by Crippen LogP contribution is 2.44. The molecule has 1 aromatic heterocycles. The zero-order chi connectivity index (χ0) is 17.8. The van der Waals surface area contributed by atoms with Gasteiger partial charge in [0, 0.05) is 22.6 Å². The highest BCUT2D eigenvalue weighted by molar-refractivity contribution is 9.10. The molecule has 130 valence electrons. The first-order valence-corrected chi connectivity index (χ1v) is 11.0. The number of aromatic nitrogens is 2. The van der Waals surface area contributed by atoms with E-state index in [1.807, 2.05) is 42.5 Å². The normalized spacial score (nSPS) is 13.6. The smallest absolute Gasteiger partial charge is 0.106 e. The summed E-state index contributed by atoms with van der Waals surface area (Å²) in [6, 6.07) is 14.2. The Bertz CT molecular complexity index is 826. The van der Waals surface area contributed by atoms with E-state index in [4.69, 9.17) is 23.2 Å². The molecule has 2 unspecified atom stereocenters. The highest BCUT2D eigenvalue weighted by atomic mass is 79.9. The van der Waals surface area contributed by atoms with Crippen molar-refractivity contribution in [2.75, 3.05) is 0 Å². The average Bonchev–Trinajstić information content (AvgIpc) is 3.14. The maximum absolute atomic E-state index is 6.14. The molecule has 2 aromatic carbocycles. The highest BCUT2D eigenvalue weighted by Gasteiger charge is 2.23. The predicted molar refractivity (Wildman–Crippen MR) is 115 cm³/mol. The first-order chi connectivity index (χ1) is 12.0. The van der Waals surface area contributed by atoms with Crippen LogP contribution >= 0.6 is 66.8 Å². The number of alkyl halides is 1. The number of hydrogen-bond acceptors (Lipinski definition) is 2. The van der Waals surface area contributed by atoms with Crippen molar-refractivity contribution in [3.05, 3.63) is 86.8 Å². The van der Waals surface area contributed by atoms with E-state index in [2.05, 4.69) is 65.7 Å². The van der Waals surface area contributed by atoms with Crippen LogP contribution in [-0.4, -0.2) is 9.55 Å². The molecular weight excluding hydrogens is 507 g/mol. The van der Waals surface area contributed by atoms with E-state index in [-0.39, 0.29) is 10.2 Å². The fourth-order valence-corrected chi connectivity index (χ4v) is 5.16. The number of hydrogen-bond donors (Lipinski definition) is 0. The van der Waals surface area contributed by atoms with Gasteiger partial charge in [0.15, 0.2) is 0 Å². The Morgan fingerprint density at radius 1 is 1.08 bits per heavy atom. The van der Waals surface area contributed by atoms with Crippen molar-refractivity contribution < 1.29 is 0 Å². The fourth-order valence-electron chi connectivity index (χ4n) is 2.37. The minimum Gasteiger partial charge on any atom is -0.323 e. The monoisotopic (exact) mass is 518 g/mol. The number of thioether (sulfide) groups is 1. The van der Waals surface area contributed by atoms with Crippen LogP contribution in [-0.2, 0) is 5.75 Å². The van der Waals surface area contributed by atoms with E-state index >= 15 is 0 Å². The van der Waals surface area contributed by atoms with Crippen LogP contribution in [0.4, 0.5) is 0 Å². The van der Waals surface area contributed by atoms with Gasteiger partial charge >= 0.3 is 0 Å². The Balaban J connectivity index is 1.82. The summed E-state index contributed by atoms with van der Waals surface area (Å²) in [7, 11) is 0. The minimum absolute atomic E-state index is 0.0870. The second-order valence-electron chi connectivity index (χ2n) is 5.41. The van der Waals surface area contributed by atoms with Crippen LogP contribution in [0.25, 0.3) is 0 Å². The Labute approximate surface area is 178 Å². The molecule has 0 N–H and O–H groups in total. The number of benzene rings is 2. The number of imidazole rings is 1. The zero-order valence-electron chi connectivity index (χ0n) is 12.9. The van der Waals surface area contributed by atoms with Gasteiger partial charge in [-0.05, 0) is 35.4 Å². The van der Waals surface area contributed by atoms with Crippen molar-refractivity contribution in [3.63, 3.8) is 0 Å². The lowest BCUT2D eigenvalue weighted by molar-refractivity contribution is 0.674. The maximum atomic E-state index is 6.14. The molecule has 3 aromatic rings. The maximum Gasteiger partial charge on any atom is 0.106 e. The van der Waals surface area contributed by atoms with Gasteiger partial charge in [-0.1, -0.05) is 73.3 Å². The Kier molecular flexibility index (Phi) is 6.92. The third kappa shape index (κ3) is 5.04. The van der Waals surface area contributed by atoms with E-state index in [9.17, 15) is 0 Å². The molecule has 0 spiro atoms. The van der Waals surface area contributed by atoms with Gasteiger partial charge in [0.2, 0.25) is 0 Å². The van der Waals surface area contributed by atoms with Crippen molar-refractivity contribution in [1.29, 1.82) is 0 Å². The van der Waals surface area contributed by atoms with Gasteiger partial charge in [-0.3, -0.25) is 0 Å². The molecule has 0 saturated heterocycles. The summed E-state index contributed by atoms with van der Waals surface area (Å²) in [5.74, 6) is 0.828. The van der Waals surface area contributed by atoms with E-state index in [0.717, 1.165) is 15.8 Å². The molecule has 3 rings (SSSR count). The Morgan fingerprint density at radius 3 is 2.48 bits per heavy atom. The molecule has 2 atom stereocenters. The lowest BCUT2D eigenvalue weighted by Crippen LogP contribution is -2.09. The summed E-state index contributed by atoms with van der Waals surface area (Å²) in [5, 5.41) is 1.37. The molecule has 0 amide bonds. The van der Waals surface area contributed by atoms with Gasteiger partial charge in [0.05, 0.1) is 21.6 Å². The largest absolute Gasteiger partial charge is 0.323 e. The third-order valence-corrected chi connectivity index (χ3v) is 7.68. The predicted octanol–water partition coefficient (Wildman–Crippen LogP) is 7.52. The van der Waals surface area contributed by atoms with Crippen molar-refractivity contribution in [1.82, 2.24) is 9.55 Å². The topological polar surface area (TPSA) is 17.8 Å². The van der Waals surface area contributed by atoms with Gasteiger partial charge in [-0.2, -0.15) is 0 Å². The molecule has 0 fully saturated rings. The average molecular weight is 521 g/mol. The van der Waals surface area contributed by atoms with Gasteiger partial charge < -0.3 is 4.57 Å². The fraction of sp³-hybridized carbons (Fsp3) is 0.167. The molecule has 1 heterocycles. The van der Waals surface area contributed by atoms with Crippen LogP contribution in [0.15, 0.2) is 65.7 Å². The lowest BCUT2D eigenvalue weighted by Gasteiger charge is -2.24. The first kappa shape index (κ1) is 19.3. The quantitative estimate of drug-likeness (QED) is 0.313. The molecule has 0 bridgehead atoms. The molecule has 2 nitrogen and oxygen atoms in total. The molecule has 25 heavy (non-hydrogen) atoms. The molecule has 0 aliphatic carbocycles. The Hall–Kier alpha value is -0.460. The minimum atomic E-state index is 0.0870. The van der Waals surface area contributed by atoms with E-state index < -0.39 is 0 Å². The molecule has 0 aliphatic heterocycles. The SMILES string of the molecule is Clc1ccc(CSC(c2ccc(Br)cc2)C(Br)n2ccnc2)cc1Cl. The standard InChI is InChI=1S/C18H14Br2Cl2N2S/c19-14-4-2-13(3-5-14)17(18(20)24-8-7-23-11-24)25-10-12-1-6-15(21)16(22)9-12/h1-9,11,17-18H,10H2. The van der Waals surface area contributed by atoms with E-state index in [1.54, 1.807) is 6.20 Å². The van der Waals surface area contributed by atoms with Crippen LogP contribution in [0, 0.1) is 0 Å². The molecule has 7 heteroatoms. The van der Waals surface area contributed by atoms with Crippen LogP contribution in [0.5, 0.6) is 0 Å². The number of halogens is 4. The number of rotatable bonds is 6. The molecule has 0 saturated carbocycles. The van der Waals surface area contributed by atoms with Gasteiger partial charge in [0.1, 0.15) is 4.95 Å².